The third-order valence-electron chi connectivity index (χ3n) is 3.97. The molecule has 0 bridgehead atoms. The van der Waals surface area contributed by atoms with Gasteiger partial charge in [-0.25, -0.2) is 10.2 Å². The highest BCUT2D eigenvalue weighted by Gasteiger charge is 2.22. The number of hydrogen-bond donors (Lipinski definition) is 3. The number of methoxy groups -OCH3 is 1. The van der Waals surface area contributed by atoms with Gasteiger partial charge in [0, 0.05) is 31.3 Å². The van der Waals surface area contributed by atoms with Crippen LogP contribution in [-0.2, 0) is 16.1 Å². The summed E-state index contributed by atoms with van der Waals surface area (Å²) >= 11 is 0. The summed E-state index contributed by atoms with van der Waals surface area (Å²) in [5.74, 6) is -0.142. The Morgan fingerprint density at radius 1 is 1.11 bits per heavy atom. The van der Waals surface area contributed by atoms with Crippen LogP contribution in [0, 0.1) is 5.41 Å². The van der Waals surface area contributed by atoms with Crippen LogP contribution in [0.2, 0.25) is 0 Å². The zero-order valence-electron chi connectivity index (χ0n) is 15.9. The molecule has 0 radical (unpaired) electrons. The third-order valence-corrected chi connectivity index (χ3v) is 3.97. The molecule has 7 heteroatoms. The van der Waals surface area contributed by atoms with Gasteiger partial charge in [-0.3, -0.25) is 15.2 Å². The highest BCUT2D eigenvalue weighted by molar-refractivity contribution is 5.76. The van der Waals surface area contributed by atoms with E-state index in [1.165, 1.54) is 7.11 Å². The van der Waals surface area contributed by atoms with Gasteiger partial charge in [-0.2, -0.15) is 0 Å². The molecule has 0 fully saturated rings. The summed E-state index contributed by atoms with van der Waals surface area (Å²) in [4.78, 5) is 27.5. The Labute approximate surface area is 159 Å². The first-order valence-corrected chi connectivity index (χ1v) is 8.73. The Morgan fingerprint density at radius 3 is 2.48 bits per heavy atom. The number of benzene rings is 1. The molecule has 1 heterocycles. The molecule has 27 heavy (non-hydrogen) atoms. The van der Waals surface area contributed by atoms with Gasteiger partial charge < -0.3 is 10.1 Å². The molecule has 7 nitrogen and oxygen atoms in total. The van der Waals surface area contributed by atoms with Crippen LogP contribution in [0.1, 0.15) is 25.8 Å². The van der Waals surface area contributed by atoms with E-state index in [0.29, 0.717) is 13.1 Å². The molecule has 0 saturated carbocycles. The quantitative estimate of drug-likeness (QED) is 0.621. The van der Waals surface area contributed by atoms with Crippen LogP contribution in [0.3, 0.4) is 0 Å². The van der Waals surface area contributed by atoms with Crippen LogP contribution in [0.5, 0.6) is 0 Å². The Kier molecular flexibility index (Phi) is 7.31. The molecule has 1 aromatic heterocycles. The van der Waals surface area contributed by atoms with E-state index < -0.39 is 6.09 Å². The van der Waals surface area contributed by atoms with Gasteiger partial charge in [0.25, 0.3) is 0 Å². The van der Waals surface area contributed by atoms with Gasteiger partial charge in [-0.05, 0) is 23.1 Å². The van der Waals surface area contributed by atoms with E-state index in [-0.39, 0.29) is 17.7 Å². The Morgan fingerprint density at radius 2 is 1.85 bits per heavy atom. The van der Waals surface area contributed by atoms with Gasteiger partial charge in [0.15, 0.2) is 0 Å². The van der Waals surface area contributed by atoms with E-state index in [4.69, 9.17) is 0 Å². The molecule has 1 aromatic carbocycles. The number of aromatic nitrogens is 1. The Bertz CT molecular complexity index is 746. The topological polar surface area (TPSA) is 92.3 Å². The minimum Gasteiger partial charge on any atom is -0.453 e. The molecule has 0 saturated heterocycles. The molecule has 2 amide bonds. The lowest BCUT2D eigenvalue weighted by molar-refractivity contribution is -0.124. The van der Waals surface area contributed by atoms with Gasteiger partial charge in [0.1, 0.15) is 0 Å². The number of nitrogens with one attached hydrogen (secondary N) is 3. The van der Waals surface area contributed by atoms with Crippen molar-refractivity contribution in [2.24, 2.45) is 5.41 Å². The summed E-state index contributed by atoms with van der Waals surface area (Å²) < 4.78 is 4.53. The van der Waals surface area contributed by atoms with Crippen molar-refractivity contribution < 1.29 is 14.3 Å². The van der Waals surface area contributed by atoms with Crippen molar-refractivity contribution in [3.8, 4) is 11.3 Å². The number of amides is 2. The lowest BCUT2D eigenvalue weighted by Crippen LogP contribution is -2.42. The number of hydrazine groups is 1. The van der Waals surface area contributed by atoms with Gasteiger partial charge in [-0.1, -0.05) is 44.2 Å². The first-order valence-electron chi connectivity index (χ1n) is 8.73. The summed E-state index contributed by atoms with van der Waals surface area (Å²) in [6, 6.07) is 13.8. The van der Waals surface area contributed by atoms with Gasteiger partial charge in [0.05, 0.1) is 12.8 Å². The summed E-state index contributed by atoms with van der Waals surface area (Å²) in [7, 11) is 1.31. The molecule has 0 spiro atoms. The molecule has 0 aliphatic carbocycles. The van der Waals surface area contributed by atoms with Gasteiger partial charge in [0.2, 0.25) is 5.91 Å². The van der Waals surface area contributed by atoms with Gasteiger partial charge >= 0.3 is 6.09 Å². The molecule has 2 rings (SSSR count). The maximum absolute atomic E-state index is 12.1. The Hall–Kier alpha value is -2.93. The second kappa shape index (κ2) is 9.68. The lowest BCUT2D eigenvalue weighted by atomic mass is 9.89. The van der Waals surface area contributed by atoms with E-state index in [0.717, 1.165) is 16.8 Å². The van der Waals surface area contributed by atoms with Crippen LogP contribution in [-0.4, -0.2) is 30.6 Å². The number of hydrogen-bond acceptors (Lipinski definition) is 5. The van der Waals surface area contributed by atoms with E-state index in [1.807, 2.05) is 56.3 Å². The smallest absolute Gasteiger partial charge is 0.406 e. The fourth-order valence-corrected chi connectivity index (χ4v) is 2.50. The van der Waals surface area contributed by atoms with Crippen molar-refractivity contribution >= 4 is 12.0 Å². The number of nitrogens with zero attached hydrogens (tertiary/aromatic N) is 1. The van der Waals surface area contributed by atoms with Crippen molar-refractivity contribution in [1.29, 1.82) is 0 Å². The van der Waals surface area contributed by atoms with Crippen molar-refractivity contribution in [2.75, 3.05) is 13.7 Å². The summed E-state index contributed by atoms with van der Waals surface area (Å²) in [5.41, 5.74) is 8.25. The maximum atomic E-state index is 12.1. The molecule has 2 aromatic rings. The fraction of sp³-hybridized carbons (Fsp3) is 0.350. The zero-order chi connectivity index (χ0) is 19.7. The van der Waals surface area contributed by atoms with E-state index in [1.54, 1.807) is 6.20 Å². The first-order chi connectivity index (χ1) is 12.9. The molecular weight excluding hydrogens is 344 g/mol. The molecule has 0 aliphatic heterocycles. The normalized spacial score (nSPS) is 10.9. The van der Waals surface area contributed by atoms with Crippen molar-refractivity contribution in [3.63, 3.8) is 0 Å². The summed E-state index contributed by atoms with van der Waals surface area (Å²) in [5, 5.41) is 2.61. The summed E-state index contributed by atoms with van der Waals surface area (Å²) in [6.07, 6.45) is 1.53. The van der Waals surface area contributed by atoms with E-state index in [2.05, 4.69) is 25.9 Å². The minimum atomic E-state index is -0.504. The SMILES string of the molecule is COC(=O)NCC(C)(C)CC(=O)NNCc1ccc(-c2ccccn2)cc1. The first kappa shape index (κ1) is 20.4. The van der Waals surface area contributed by atoms with Crippen molar-refractivity contribution in [3.05, 3.63) is 54.2 Å². The summed E-state index contributed by atoms with van der Waals surface area (Å²) in [6.45, 7) is 4.66. The molecule has 0 unspecified atom stereocenters. The molecule has 0 atom stereocenters. The zero-order valence-corrected chi connectivity index (χ0v) is 15.9. The van der Waals surface area contributed by atoms with Crippen LogP contribution in [0.15, 0.2) is 48.7 Å². The number of rotatable bonds is 8. The molecule has 0 aliphatic rings. The third kappa shape index (κ3) is 7.07. The standard InChI is InChI=1S/C20H26N4O3/c1-20(2,14-22-19(26)27-3)12-18(25)24-23-13-15-7-9-16(10-8-15)17-6-4-5-11-21-17/h4-11,23H,12-14H2,1-3H3,(H,22,26)(H,24,25). The monoisotopic (exact) mass is 370 g/mol. The number of carbonyl (C=O) groups excluding carboxylic acids is 2. The average Bonchev–Trinajstić information content (AvgIpc) is 2.67. The second-order valence-corrected chi connectivity index (χ2v) is 7.00. The lowest BCUT2D eigenvalue weighted by Gasteiger charge is -2.24. The highest BCUT2D eigenvalue weighted by Crippen LogP contribution is 2.19. The van der Waals surface area contributed by atoms with E-state index in [9.17, 15) is 9.59 Å². The highest BCUT2D eigenvalue weighted by atomic mass is 16.5. The largest absolute Gasteiger partial charge is 0.453 e. The minimum absolute atomic E-state index is 0.142. The number of alkyl carbamates (subject to hydrolysis) is 1. The van der Waals surface area contributed by atoms with Gasteiger partial charge in [-0.15, -0.1) is 0 Å². The van der Waals surface area contributed by atoms with Crippen LogP contribution in [0.4, 0.5) is 4.79 Å². The average molecular weight is 370 g/mol. The molecule has 3 N–H and O–H groups in total. The molecule has 144 valence electrons. The van der Waals surface area contributed by atoms with Crippen LogP contribution in [0.25, 0.3) is 11.3 Å². The van der Waals surface area contributed by atoms with Crippen molar-refractivity contribution in [2.45, 2.75) is 26.8 Å². The van der Waals surface area contributed by atoms with Crippen LogP contribution < -0.4 is 16.2 Å². The predicted molar refractivity (Wildman–Crippen MR) is 103 cm³/mol. The maximum Gasteiger partial charge on any atom is 0.406 e. The number of ether oxygens (including phenoxy) is 1. The van der Waals surface area contributed by atoms with Crippen LogP contribution >= 0.6 is 0 Å². The fourth-order valence-electron chi connectivity index (χ4n) is 2.50. The Balaban J connectivity index is 1.75. The van der Waals surface area contributed by atoms with Crippen molar-refractivity contribution in [1.82, 2.24) is 21.2 Å². The predicted octanol–water partition coefficient (Wildman–Crippen LogP) is 2.64. The molecular formula is C20H26N4O3. The van der Waals surface area contributed by atoms with E-state index >= 15 is 0 Å². The second-order valence-electron chi connectivity index (χ2n) is 7.00. The number of pyridine rings is 1. The number of carbonyl (C=O) groups is 2.